The van der Waals surface area contributed by atoms with Crippen LogP contribution in [0.15, 0.2) is 30.3 Å². The van der Waals surface area contributed by atoms with Crippen LogP contribution < -0.4 is 18.9 Å². The van der Waals surface area contributed by atoms with Gasteiger partial charge in [-0.15, -0.1) is 0 Å². The molecular weight excluding hydrogens is 352 g/mol. The SMILES string of the molecule is CC(=O)O.COc1ccc(C=Cc2cc(OC)c(OC)c(OC)c2)cc1O. The maximum atomic E-state index is 9.81. The summed E-state index contributed by atoms with van der Waals surface area (Å²) in [5, 5.41) is 17.2. The van der Waals surface area contributed by atoms with Crippen molar-refractivity contribution in [1.82, 2.24) is 0 Å². The van der Waals surface area contributed by atoms with Gasteiger partial charge in [-0.05, 0) is 35.4 Å². The number of rotatable bonds is 6. The van der Waals surface area contributed by atoms with E-state index in [-0.39, 0.29) is 5.75 Å². The lowest BCUT2D eigenvalue weighted by Gasteiger charge is -2.12. The number of carboxylic acid groups (broad SMARTS) is 1. The van der Waals surface area contributed by atoms with Crippen molar-refractivity contribution in [3.63, 3.8) is 0 Å². The number of ether oxygens (including phenoxy) is 4. The molecule has 2 aromatic carbocycles. The Balaban J connectivity index is 0.000000828. The van der Waals surface area contributed by atoms with Crippen LogP contribution in [0.2, 0.25) is 0 Å². The monoisotopic (exact) mass is 376 g/mol. The number of carbonyl (C=O) groups is 1. The molecule has 0 spiro atoms. The first-order chi connectivity index (χ1) is 12.9. The number of phenols is 1. The summed E-state index contributed by atoms with van der Waals surface area (Å²) in [6.07, 6.45) is 3.77. The molecule has 0 aliphatic rings. The lowest BCUT2D eigenvalue weighted by atomic mass is 10.1. The zero-order chi connectivity index (χ0) is 20.4. The fraction of sp³-hybridized carbons (Fsp3) is 0.250. The van der Waals surface area contributed by atoms with E-state index >= 15 is 0 Å². The van der Waals surface area contributed by atoms with E-state index < -0.39 is 5.97 Å². The number of hydrogen-bond acceptors (Lipinski definition) is 6. The van der Waals surface area contributed by atoms with Crippen molar-refractivity contribution < 1.29 is 34.0 Å². The summed E-state index contributed by atoms with van der Waals surface area (Å²) in [5.74, 6) is 1.43. The van der Waals surface area contributed by atoms with Crippen molar-refractivity contribution in [3.05, 3.63) is 41.5 Å². The van der Waals surface area contributed by atoms with Gasteiger partial charge >= 0.3 is 0 Å². The topological polar surface area (TPSA) is 94.5 Å². The zero-order valence-corrected chi connectivity index (χ0v) is 16.0. The van der Waals surface area contributed by atoms with Crippen molar-refractivity contribution in [2.45, 2.75) is 6.92 Å². The highest BCUT2D eigenvalue weighted by Crippen LogP contribution is 2.38. The molecule has 0 fully saturated rings. The Bertz CT molecular complexity index is 768. The number of phenolic OH excluding ortho intramolecular Hbond substituents is 1. The summed E-state index contributed by atoms with van der Waals surface area (Å²) < 4.78 is 21.0. The highest BCUT2D eigenvalue weighted by molar-refractivity contribution is 5.73. The van der Waals surface area contributed by atoms with Crippen LogP contribution in [-0.2, 0) is 4.79 Å². The van der Waals surface area contributed by atoms with E-state index in [1.165, 1.54) is 7.11 Å². The van der Waals surface area contributed by atoms with E-state index in [9.17, 15) is 5.11 Å². The summed E-state index contributed by atoms with van der Waals surface area (Å²) in [7, 11) is 6.23. The predicted molar refractivity (Wildman–Crippen MR) is 103 cm³/mol. The van der Waals surface area contributed by atoms with Crippen molar-refractivity contribution in [2.24, 2.45) is 0 Å². The highest BCUT2D eigenvalue weighted by Gasteiger charge is 2.12. The Kier molecular flexibility index (Phi) is 8.51. The molecule has 0 aliphatic heterocycles. The number of aliphatic carboxylic acids is 1. The van der Waals surface area contributed by atoms with Crippen LogP contribution in [0.3, 0.4) is 0 Å². The van der Waals surface area contributed by atoms with Gasteiger partial charge in [0, 0.05) is 6.92 Å². The van der Waals surface area contributed by atoms with Crippen LogP contribution in [-0.4, -0.2) is 44.6 Å². The molecule has 0 heterocycles. The van der Waals surface area contributed by atoms with Crippen LogP contribution in [0.25, 0.3) is 12.2 Å². The zero-order valence-electron chi connectivity index (χ0n) is 16.0. The van der Waals surface area contributed by atoms with Crippen molar-refractivity contribution >= 4 is 18.1 Å². The fourth-order valence-corrected chi connectivity index (χ4v) is 2.20. The molecule has 2 N–H and O–H groups in total. The number of hydrogen-bond donors (Lipinski definition) is 2. The van der Waals surface area contributed by atoms with E-state index in [0.29, 0.717) is 23.0 Å². The van der Waals surface area contributed by atoms with Gasteiger partial charge in [0.05, 0.1) is 28.4 Å². The molecule has 0 amide bonds. The number of methoxy groups -OCH3 is 4. The van der Waals surface area contributed by atoms with E-state index in [1.807, 2.05) is 30.4 Å². The minimum absolute atomic E-state index is 0.0968. The molecule has 0 saturated carbocycles. The molecule has 0 aromatic heterocycles. The molecule has 27 heavy (non-hydrogen) atoms. The normalized spacial score (nSPS) is 9.96. The summed E-state index contributed by atoms with van der Waals surface area (Å²) in [6.45, 7) is 1.08. The van der Waals surface area contributed by atoms with E-state index in [4.69, 9.17) is 28.8 Å². The highest BCUT2D eigenvalue weighted by atomic mass is 16.5. The molecule has 2 rings (SSSR count). The van der Waals surface area contributed by atoms with E-state index in [0.717, 1.165) is 18.1 Å². The van der Waals surface area contributed by atoms with Crippen molar-refractivity contribution in [2.75, 3.05) is 28.4 Å². The van der Waals surface area contributed by atoms with Gasteiger partial charge in [-0.1, -0.05) is 18.2 Å². The van der Waals surface area contributed by atoms with Crippen molar-refractivity contribution in [3.8, 4) is 28.7 Å². The first-order valence-corrected chi connectivity index (χ1v) is 7.90. The Morgan fingerprint density at radius 1 is 0.815 bits per heavy atom. The van der Waals surface area contributed by atoms with Gasteiger partial charge in [0.15, 0.2) is 23.0 Å². The molecular formula is C20H24O7. The molecule has 7 nitrogen and oxygen atoms in total. The first kappa shape index (κ1) is 21.7. The second-order valence-electron chi connectivity index (χ2n) is 5.24. The first-order valence-electron chi connectivity index (χ1n) is 7.90. The molecule has 0 atom stereocenters. The van der Waals surface area contributed by atoms with Crippen LogP contribution in [0.4, 0.5) is 0 Å². The second-order valence-corrected chi connectivity index (χ2v) is 5.24. The van der Waals surface area contributed by atoms with E-state index in [1.54, 1.807) is 33.5 Å². The summed E-state index contributed by atoms with van der Waals surface area (Å²) in [6, 6.07) is 8.90. The quantitative estimate of drug-likeness (QED) is 0.743. The molecule has 0 bridgehead atoms. The Morgan fingerprint density at radius 3 is 1.70 bits per heavy atom. The molecule has 0 unspecified atom stereocenters. The fourth-order valence-electron chi connectivity index (χ4n) is 2.20. The van der Waals surface area contributed by atoms with Gasteiger partial charge in [-0.25, -0.2) is 0 Å². The molecule has 7 heteroatoms. The maximum absolute atomic E-state index is 9.81. The van der Waals surface area contributed by atoms with Gasteiger partial charge in [-0.3, -0.25) is 4.79 Å². The number of carboxylic acids is 1. The minimum atomic E-state index is -0.833. The average molecular weight is 376 g/mol. The van der Waals surface area contributed by atoms with Crippen LogP contribution in [0.1, 0.15) is 18.1 Å². The lowest BCUT2D eigenvalue weighted by Crippen LogP contribution is -1.95. The number of benzene rings is 2. The molecule has 0 radical (unpaired) electrons. The van der Waals surface area contributed by atoms with E-state index in [2.05, 4.69) is 0 Å². The standard InChI is InChI=1S/C18H20O5.C2H4O2/c1-20-15-8-7-12(9-14(15)19)5-6-13-10-16(21-2)18(23-4)17(11-13)22-3;1-2(3)4/h5-11,19H,1-4H3;1H3,(H,3,4). The van der Waals surface area contributed by atoms with Gasteiger partial charge in [-0.2, -0.15) is 0 Å². The van der Waals surface area contributed by atoms with Crippen LogP contribution >= 0.6 is 0 Å². The summed E-state index contributed by atoms with van der Waals surface area (Å²) in [4.78, 5) is 9.00. The molecule has 0 aliphatic carbocycles. The van der Waals surface area contributed by atoms with Gasteiger partial charge in [0.2, 0.25) is 5.75 Å². The third kappa shape index (κ3) is 6.47. The average Bonchev–Trinajstić information content (AvgIpc) is 2.65. The molecule has 2 aromatic rings. The minimum Gasteiger partial charge on any atom is -0.504 e. The lowest BCUT2D eigenvalue weighted by molar-refractivity contribution is -0.134. The van der Waals surface area contributed by atoms with Gasteiger partial charge in [0.25, 0.3) is 5.97 Å². The largest absolute Gasteiger partial charge is 0.504 e. The second kappa shape index (κ2) is 10.6. The van der Waals surface area contributed by atoms with Crippen LogP contribution in [0.5, 0.6) is 28.7 Å². The maximum Gasteiger partial charge on any atom is 0.300 e. The molecule has 0 saturated heterocycles. The third-order valence-electron chi connectivity index (χ3n) is 3.36. The molecule has 146 valence electrons. The summed E-state index contributed by atoms with van der Waals surface area (Å²) in [5.41, 5.74) is 1.73. The number of aromatic hydroxyl groups is 1. The Morgan fingerprint density at radius 2 is 1.30 bits per heavy atom. The smallest absolute Gasteiger partial charge is 0.300 e. The Labute approximate surface area is 158 Å². The Hall–Kier alpha value is -3.35. The van der Waals surface area contributed by atoms with Crippen molar-refractivity contribution in [1.29, 1.82) is 0 Å². The van der Waals surface area contributed by atoms with Gasteiger partial charge < -0.3 is 29.2 Å². The summed E-state index contributed by atoms with van der Waals surface area (Å²) >= 11 is 0. The predicted octanol–water partition coefficient (Wildman–Crippen LogP) is 3.69. The third-order valence-corrected chi connectivity index (χ3v) is 3.36. The van der Waals surface area contributed by atoms with Gasteiger partial charge in [0.1, 0.15) is 0 Å². The van der Waals surface area contributed by atoms with Crippen LogP contribution in [0, 0.1) is 0 Å².